The Morgan fingerprint density at radius 2 is 2.14 bits per heavy atom. The molecule has 0 amide bonds. The third kappa shape index (κ3) is 2.67. The highest BCUT2D eigenvalue weighted by Crippen LogP contribution is 2.28. The largest absolute Gasteiger partial charge is 0.495 e. The Labute approximate surface area is 128 Å². The number of rotatable bonds is 4. The average molecular weight is 302 g/mol. The van der Waals surface area contributed by atoms with Crippen LogP contribution in [0.2, 0.25) is 5.02 Å². The fraction of sp³-hybridized carbons (Fsp3) is 0.188. The highest BCUT2D eigenvalue weighted by Gasteiger charge is 2.09. The van der Waals surface area contributed by atoms with Gasteiger partial charge in [-0.05, 0) is 37.3 Å². The molecule has 4 nitrogen and oxygen atoms in total. The summed E-state index contributed by atoms with van der Waals surface area (Å²) in [4.78, 5) is 4.55. The highest BCUT2D eigenvalue weighted by atomic mass is 35.5. The van der Waals surface area contributed by atoms with E-state index in [2.05, 4.69) is 14.7 Å². The number of pyridine rings is 1. The molecule has 1 aromatic carbocycles. The predicted molar refractivity (Wildman–Crippen MR) is 85.3 cm³/mol. The summed E-state index contributed by atoms with van der Waals surface area (Å²) in [6, 6.07) is 11.5. The van der Waals surface area contributed by atoms with Crippen molar-refractivity contribution in [2.45, 2.75) is 13.5 Å². The summed E-state index contributed by atoms with van der Waals surface area (Å²) in [5, 5.41) is 4.04. The van der Waals surface area contributed by atoms with Gasteiger partial charge in [-0.3, -0.25) is 0 Å². The number of hydrogen-bond acceptors (Lipinski definition) is 3. The lowest BCUT2D eigenvalue weighted by Gasteiger charge is -2.12. The van der Waals surface area contributed by atoms with Crippen LogP contribution in [0.15, 0.2) is 42.6 Å². The van der Waals surface area contributed by atoms with E-state index in [1.165, 1.54) is 0 Å². The number of hydrogen-bond donors (Lipinski definition) is 1. The van der Waals surface area contributed by atoms with Gasteiger partial charge in [-0.1, -0.05) is 17.7 Å². The second kappa shape index (κ2) is 5.66. The molecule has 0 unspecified atom stereocenters. The van der Waals surface area contributed by atoms with E-state index in [0.717, 1.165) is 28.5 Å². The minimum absolute atomic E-state index is 0.647. The Morgan fingerprint density at radius 1 is 1.29 bits per heavy atom. The fourth-order valence-electron chi connectivity index (χ4n) is 2.37. The lowest BCUT2D eigenvalue weighted by molar-refractivity contribution is 0.416. The van der Waals surface area contributed by atoms with Crippen LogP contribution < -0.4 is 10.1 Å². The van der Waals surface area contributed by atoms with Crippen molar-refractivity contribution >= 4 is 22.9 Å². The molecule has 108 valence electrons. The molecule has 0 radical (unpaired) electrons. The Morgan fingerprint density at radius 3 is 2.95 bits per heavy atom. The number of ether oxygens (including phenoxy) is 1. The van der Waals surface area contributed by atoms with E-state index in [-0.39, 0.29) is 0 Å². The van der Waals surface area contributed by atoms with Gasteiger partial charge < -0.3 is 14.5 Å². The van der Waals surface area contributed by atoms with E-state index in [1.54, 1.807) is 7.11 Å². The first-order chi connectivity index (χ1) is 10.2. The van der Waals surface area contributed by atoms with Gasteiger partial charge in [0.15, 0.2) is 0 Å². The zero-order chi connectivity index (χ0) is 14.8. The minimum Gasteiger partial charge on any atom is -0.495 e. The zero-order valence-electron chi connectivity index (χ0n) is 11.9. The molecule has 0 bridgehead atoms. The summed E-state index contributed by atoms with van der Waals surface area (Å²) in [6.07, 6.45) is 2.02. The molecule has 0 spiro atoms. The average Bonchev–Trinajstić information content (AvgIpc) is 2.81. The molecule has 3 rings (SSSR count). The highest BCUT2D eigenvalue weighted by molar-refractivity contribution is 6.30. The third-order valence-electron chi connectivity index (χ3n) is 3.44. The van der Waals surface area contributed by atoms with Gasteiger partial charge in [0.1, 0.15) is 11.4 Å². The number of halogens is 1. The van der Waals surface area contributed by atoms with Crippen LogP contribution in [0.4, 0.5) is 5.69 Å². The first-order valence-corrected chi connectivity index (χ1v) is 7.07. The summed E-state index contributed by atoms with van der Waals surface area (Å²) in [7, 11) is 1.65. The van der Waals surface area contributed by atoms with Gasteiger partial charge in [0, 0.05) is 11.2 Å². The maximum atomic E-state index is 6.05. The van der Waals surface area contributed by atoms with Gasteiger partial charge in [-0.15, -0.1) is 0 Å². The third-order valence-corrected chi connectivity index (χ3v) is 3.67. The lowest BCUT2D eigenvalue weighted by atomic mass is 10.2. The molecule has 2 aromatic heterocycles. The molecule has 0 saturated heterocycles. The predicted octanol–water partition coefficient (Wildman–Crippen LogP) is 3.92. The second-order valence-electron chi connectivity index (χ2n) is 4.77. The summed E-state index contributed by atoms with van der Waals surface area (Å²) in [5.41, 5.74) is 3.95. The van der Waals surface area contributed by atoms with Crippen LogP contribution in [-0.2, 0) is 6.54 Å². The van der Waals surface area contributed by atoms with Crippen LogP contribution in [0, 0.1) is 6.92 Å². The summed E-state index contributed by atoms with van der Waals surface area (Å²) in [6.45, 7) is 2.66. The second-order valence-corrected chi connectivity index (χ2v) is 5.21. The maximum Gasteiger partial charge on any atom is 0.142 e. The number of aryl methyl sites for hydroxylation is 1. The van der Waals surface area contributed by atoms with Crippen LogP contribution in [0.25, 0.3) is 5.65 Å². The maximum absolute atomic E-state index is 6.05. The van der Waals surface area contributed by atoms with Crippen molar-refractivity contribution < 1.29 is 4.74 Å². The van der Waals surface area contributed by atoms with Crippen LogP contribution >= 0.6 is 11.6 Å². The van der Waals surface area contributed by atoms with Gasteiger partial charge >= 0.3 is 0 Å². The molecule has 0 aliphatic carbocycles. The summed E-state index contributed by atoms with van der Waals surface area (Å²) < 4.78 is 7.43. The number of fused-ring (bicyclic) bond motifs is 1. The number of imidazole rings is 1. The van der Waals surface area contributed by atoms with E-state index in [9.17, 15) is 0 Å². The van der Waals surface area contributed by atoms with Gasteiger partial charge in [-0.25, -0.2) is 4.98 Å². The van der Waals surface area contributed by atoms with Gasteiger partial charge in [0.05, 0.1) is 30.7 Å². The van der Waals surface area contributed by atoms with Crippen LogP contribution in [0.3, 0.4) is 0 Å². The molecule has 0 saturated carbocycles. The molecule has 1 N–H and O–H groups in total. The smallest absolute Gasteiger partial charge is 0.142 e. The van der Waals surface area contributed by atoms with Crippen molar-refractivity contribution in [2.24, 2.45) is 0 Å². The number of benzene rings is 1. The number of aromatic nitrogens is 2. The van der Waals surface area contributed by atoms with Gasteiger partial charge in [-0.2, -0.15) is 0 Å². The van der Waals surface area contributed by atoms with E-state index in [1.807, 2.05) is 49.5 Å². The van der Waals surface area contributed by atoms with Crippen LogP contribution in [0.1, 0.15) is 11.4 Å². The van der Waals surface area contributed by atoms with Crippen molar-refractivity contribution in [3.8, 4) is 5.75 Å². The normalized spacial score (nSPS) is 10.8. The van der Waals surface area contributed by atoms with Crippen LogP contribution in [0.5, 0.6) is 5.75 Å². The fourth-order valence-corrected chi connectivity index (χ4v) is 2.55. The topological polar surface area (TPSA) is 38.6 Å². The quantitative estimate of drug-likeness (QED) is 0.794. The summed E-state index contributed by atoms with van der Waals surface area (Å²) in [5.74, 6) is 0.769. The van der Waals surface area contributed by atoms with E-state index < -0.39 is 0 Å². The zero-order valence-corrected chi connectivity index (χ0v) is 12.7. The Kier molecular flexibility index (Phi) is 3.71. The molecular formula is C16H16ClN3O. The number of nitrogens with zero attached hydrogens (tertiary/aromatic N) is 2. The number of nitrogens with one attached hydrogen (secondary N) is 1. The molecule has 3 aromatic rings. The number of anilines is 1. The van der Waals surface area contributed by atoms with E-state index >= 15 is 0 Å². The van der Waals surface area contributed by atoms with Crippen molar-refractivity contribution in [3.63, 3.8) is 0 Å². The Hall–Kier alpha value is -2.20. The first kappa shape index (κ1) is 13.8. The lowest BCUT2D eigenvalue weighted by Crippen LogP contribution is -2.05. The molecule has 5 heteroatoms. The number of methoxy groups -OCH3 is 1. The molecule has 21 heavy (non-hydrogen) atoms. The SMILES string of the molecule is COc1ccc(Cl)cc1NCc1c(C)nc2ccccn12. The monoisotopic (exact) mass is 301 g/mol. The van der Waals surface area contributed by atoms with Crippen molar-refractivity contribution in [2.75, 3.05) is 12.4 Å². The van der Waals surface area contributed by atoms with Gasteiger partial charge in [0.2, 0.25) is 0 Å². The molecule has 0 fully saturated rings. The molecule has 0 aliphatic rings. The minimum atomic E-state index is 0.647. The summed E-state index contributed by atoms with van der Waals surface area (Å²) >= 11 is 6.05. The van der Waals surface area contributed by atoms with Crippen molar-refractivity contribution in [1.29, 1.82) is 0 Å². The van der Waals surface area contributed by atoms with E-state index in [0.29, 0.717) is 11.6 Å². The molecule has 0 aliphatic heterocycles. The van der Waals surface area contributed by atoms with Crippen molar-refractivity contribution in [1.82, 2.24) is 9.38 Å². The van der Waals surface area contributed by atoms with Gasteiger partial charge in [0.25, 0.3) is 0 Å². The Balaban J connectivity index is 1.90. The molecular weight excluding hydrogens is 286 g/mol. The molecule has 2 heterocycles. The molecule has 0 atom stereocenters. The van der Waals surface area contributed by atoms with Crippen molar-refractivity contribution in [3.05, 3.63) is 59.0 Å². The Bertz CT molecular complexity index is 782. The first-order valence-electron chi connectivity index (χ1n) is 6.69. The van der Waals surface area contributed by atoms with E-state index in [4.69, 9.17) is 16.3 Å². The van der Waals surface area contributed by atoms with Crippen LogP contribution in [-0.4, -0.2) is 16.5 Å². The standard InChI is InChI=1S/C16H16ClN3O/c1-11-14(20-8-4-3-5-16(20)19-11)10-18-13-9-12(17)6-7-15(13)21-2/h3-9,18H,10H2,1-2H3.